The fourth-order valence-electron chi connectivity index (χ4n) is 2.33. The second kappa shape index (κ2) is 6.94. The van der Waals surface area contributed by atoms with Crippen molar-refractivity contribution in [2.24, 2.45) is 0 Å². The van der Waals surface area contributed by atoms with Crippen LogP contribution in [0.15, 0.2) is 30.3 Å². The van der Waals surface area contributed by atoms with Gasteiger partial charge >= 0.3 is 0 Å². The summed E-state index contributed by atoms with van der Waals surface area (Å²) >= 11 is 0. The molecule has 1 aromatic carbocycles. The van der Waals surface area contributed by atoms with E-state index < -0.39 is 0 Å². The van der Waals surface area contributed by atoms with Gasteiger partial charge in [-0.25, -0.2) is 9.37 Å². The lowest BCUT2D eigenvalue weighted by Gasteiger charge is -2.14. The van der Waals surface area contributed by atoms with Gasteiger partial charge in [0.2, 0.25) is 5.95 Å². The molecule has 1 saturated carbocycles. The van der Waals surface area contributed by atoms with Gasteiger partial charge < -0.3 is 10.6 Å². The van der Waals surface area contributed by atoms with Crippen molar-refractivity contribution in [3.05, 3.63) is 47.4 Å². The van der Waals surface area contributed by atoms with Crippen LogP contribution < -0.4 is 10.6 Å². The Balaban J connectivity index is 1.73. The Hall–Kier alpha value is -2.17. The number of rotatable bonds is 7. The molecule has 0 bridgehead atoms. The first-order valence-electron chi connectivity index (χ1n) is 8.28. The van der Waals surface area contributed by atoms with E-state index in [1.807, 2.05) is 6.07 Å². The first kappa shape index (κ1) is 15.7. The fraction of sp³-hybridized carbons (Fsp3) is 0.444. The molecule has 0 amide bonds. The van der Waals surface area contributed by atoms with Crippen molar-refractivity contribution >= 4 is 11.8 Å². The van der Waals surface area contributed by atoms with Gasteiger partial charge in [-0.05, 0) is 43.9 Å². The number of halogens is 1. The van der Waals surface area contributed by atoms with Gasteiger partial charge in [-0.1, -0.05) is 19.1 Å². The summed E-state index contributed by atoms with van der Waals surface area (Å²) in [6.07, 6.45) is 3.43. The molecular weight excluding hydrogens is 291 g/mol. The summed E-state index contributed by atoms with van der Waals surface area (Å²) in [6, 6.07) is 8.89. The SMILES string of the molecule is CC[C@H](C)Nc1nc(NCc2ccc(F)cc2)cc(C2CC2)n1. The normalized spacial score (nSPS) is 15.3. The van der Waals surface area contributed by atoms with Gasteiger partial charge in [0, 0.05) is 24.6 Å². The van der Waals surface area contributed by atoms with Crippen LogP contribution in [0.5, 0.6) is 0 Å². The van der Waals surface area contributed by atoms with Crippen LogP contribution in [0.3, 0.4) is 0 Å². The van der Waals surface area contributed by atoms with Crippen LogP contribution in [0.2, 0.25) is 0 Å². The maximum Gasteiger partial charge on any atom is 0.225 e. The summed E-state index contributed by atoms with van der Waals surface area (Å²) in [6.45, 7) is 4.87. The predicted molar refractivity (Wildman–Crippen MR) is 91.1 cm³/mol. The third kappa shape index (κ3) is 4.41. The molecule has 23 heavy (non-hydrogen) atoms. The van der Waals surface area contributed by atoms with Crippen LogP contribution in [0.25, 0.3) is 0 Å². The number of hydrogen-bond donors (Lipinski definition) is 2. The second-order valence-electron chi connectivity index (χ2n) is 6.21. The van der Waals surface area contributed by atoms with E-state index in [2.05, 4.69) is 34.4 Å². The van der Waals surface area contributed by atoms with Crippen LogP contribution >= 0.6 is 0 Å². The Morgan fingerprint density at radius 1 is 1.22 bits per heavy atom. The van der Waals surface area contributed by atoms with Gasteiger partial charge in [-0.3, -0.25) is 0 Å². The Morgan fingerprint density at radius 3 is 2.61 bits per heavy atom. The molecular formula is C18H23FN4. The van der Waals surface area contributed by atoms with E-state index in [1.54, 1.807) is 12.1 Å². The summed E-state index contributed by atoms with van der Waals surface area (Å²) in [5.41, 5.74) is 2.13. The van der Waals surface area contributed by atoms with Crippen LogP contribution in [-0.2, 0) is 6.54 Å². The fourth-order valence-corrected chi connectivity index (χ4v) is 2.33. The molecule has 0 unspecified atom stereocenters. The van der Waals surface area contributed by atoms with Gasteiger partial charge in [0.05, 0.1) is 5.69 Å². The highest BCUT2D eigenvalue weighted by Gasteiger charge is 2.26. The summed E-state index contributed by atoms with van der Waals surface area (Å²) in [5, 5.41) is 6.67. The first-order valence-corrected chi connectivity index (χ1v) is 8.28. The largest absolute Gasteiger partial charge is 0.366 e. The maximum atomic E-state index is 13.0. The standard InChI is InChI=1S/C18H23FN4/c1-3-12(2)21-18-22-16(14-6-7-14)10-17(23-18)20-11-13-4-8-15(19)9-5-13/h4-5,8-10,12,14H,3,6-7,11H2,1-2H3,(H2,20,21,22,23)/t12-/m0/s1. The van der Waals surface area contributed by atoms with Crippen molar-refractivity contribution in [1.82, 2.24) is 9.97 Å². The predicted octanol–water partition coefficient (Wildman–Crippen LogP) is 4.32. The number of nitrogens with one attached hydrogen (secondary N) is 2. The molecule has 2 aromatic rings. The molecule has 1 heterocycles. The van der Waals surface area contributed by atoms with Crippen LogP contribution in [0, 0.1) is 5.82 Å². The zero-order valence-electron chi connectivity index (χ0n) is 13.6. The molecule has 1 fully saturated rings. The van der Waals surface area contributed by atoms with E-state index >= 15 is 0 Å². The number of hydrogen-bond acceptors (Lipinski definition) is 4. The quantitative estimate of drug-likeness (QED) is 0.799. The zero-order valence-corrected chi connectivity index (χ0v) is 13.6. The average molecular weight is 314 g/mol. The molecule has 4 nitrogen and oxygen atoms in total. The van der Waals surface area contributed by atoms with Crippen molar-refractivity contribution < 1.29 is 4.39 Å². The molecule has 1 aliphatic rings. The Bertz CT molecular complexity index is 653. The van der Waals surface area contributed by atoms with Crippen LogP contribution in [0.1, 0.15) is 50.3 Å². The van der Waals surface area contributed by atoms with Crippen molar-refractivity contribution in [2.75, 3.05) is 10.6 Å². The number of benzene rings is 1. The Labute approximate surface area is 136 Å². The average Bonchev–Trinajstić information content (AvgIpc) is 3.39. The minimum absolute atomic E-state index is 0.216. The van der Waals surface area contributed by atoms with E-state index in [9.17, 15) is 4.39 Å². The van der Waals surface area contributed by atoms with E-state index in [-0.39, 0.29) is 5.82 Å². The second-order valence-corrected chi connectivity index (χ2v) is 6.21. The summed E-state index contributed by atoms with van der Waals surface area (Å²) < 4.78 is 13.0. The minimum Gasteiger partial charge on any atom is -0.366 e. The van der Waals surface area contributed by atoms with Crippen LogP contribution in [0.4, 0.5) is 16.2 Å². The number of aromatic nitrogens is 2. The topological polar surface area (TPSA) is 49.8 Å². The molecule has 0 aliphatic heterocycles. The zero-order chi connectivity index (χ0) is 16.2. The van der Waals surface area contributed by atoms with E-state index in [4.69, 9.17) is 0 Å². The van der Waals surface area contributed by atoms with Gasteiger partial charge in [0.15, 0.2) is 0 Å². The van der Waals surface area contributed by atoms with Gasteiger partial charge in [-0.2, -0.15) is 4.98 Å². The van der Waals surface area contributed by atoms with Crippen molar-refractivity contribution in [1.29, 1.82) is 0 Å². The Kier molecular flexibility index (Phi) is 4.74. The van der Waals surface area contributed by atoms with E-state index in [0.717, 1.165) is 23.5 Å². The molecule has 1 aromatic heterocycles. The highest BCUT2D eigenvalue weighted by atomic mass is 19.1. The monoisotopic (exact) mass is 314 g/mol. The van der Waals surface area contributed by atoms with Gasteiger partial charge in [-0.15, -0.1) is 0 Å². The summed E-state index contributed by atoms with van der Waals surface area (Å²) in [4.78, 5) is 9.19. The van der Waals surface area contributed by atoms with Crippen LogP contribution in [-0.4, -0.2) is 16.0 Å². The molecule has 3 rings (SSSR count). The summed E-state index contributed by atoms with van der Waals surface area (Å²) in [5.74, 6) is 1.86. The molecule has 0 radical (unpaired) electrons. The first-order chi connectivity index (χ1) is 11.1. The summed E-state index contributed by atoms with van der Waals surface area (Å²) in [7, 11) is 0. The lowest BCUT2D eigenvalue weighted by atomic mass is 10.2. The lowest BCUT2D eigenvalue weighted by Crippen LogP contribution is -2.17. The third-order valence-corrected chi connectivity index (χ3v) is 4.12. The molecule has 5 heteroatoms. The maximum absolute atomic E-state index is 13.0. The highest BCUT2D eigenvalue weighted by molar-refractivity contribution is 5.44. The van der Waals surface area contributed by atoms with Crippen molar-refractivity contribution in [3.8, 4) is 0 Å². The lowest BCUT2D eigenvalue weighted by molar-refractivity contribution is 0.627. The number of anilines is 2. The van der Waals surface area contributed by atoms with Crippen molar-refractivity contribution in [3.63, 3.8) is 0 Å². The van der Waals surface area contributed by atoms with Gasteiger partial charge in [0.25, 0.3) is 0 Å². The van der Waals surface area contributed by atoms with Crippen molar-refractivity contribution in [2.45, 2.75) is 51.6 Å². The molecule has 0 saturated heterocycles. The number of nitrogens with zero attached hydrogens (tertiary/aromatic N) is 2. The van der Waals surface area contributed by atoms with Gasteiger partial charge in [0.1, 0.15) is 11.6 Å². The Morgan fingerprint density at radius 2 is 1.96 bits per heavy atom. The molecule has 122 valence electrons. The molecule has 0 spiro atoms. The molecule has 1 aliphatic carbocycles. The molecule has 2 N–H and O–H groups in total. The van der Waals surface area contributed by atoms with E-state index in [0.29, 0.717) is 24.5 Å². The molecule has 1 atom stereocenters. The smallest absolute Gasteiger partial charge is 0.225 e. The third-order valence-electron chi connectivity index (χ3n) is 4.12. The highest BCUT2D eigenvalue weighted by Crippen LogP contribution is 2.39. The minimum atomic E-state index is -0.216. The van der Waals surface area contributed by atoms with E-state index in [1.165, 1.54) is 25.0 Å².